The molecule has 0 spiro atoms. The summed E-state index contributed by atoms with van der Waals surface area (Å²) in [7, 11) is 0. The van der Waals surface area contributed by atoms with Crippen molar-refractivity contribution in [2.24, 2.45) is 0 Å². The minimum Gasteiger partial charge on any atom is -0.508 e. The highest BCUT2D eigenvalue weighted by atomic mass is 16.3. The molecule has 0 saturated heterocycles. The van der Waals surface area contributed by atoms with E-state index in [1.54, 1.807) is 24.3 Å². The van der Waals surface area contributed by atoms with Gasteiger partial charge in [-0.25, -0.2) is 0 Å². The smallest absolute Gasteiger partial charge is 0.115 e. The summed E-state index contributed by atoms with van der Waals surface area (Å²) in [6.45, 7) is 3.49. The van der Waals surface area contributed by atoms with Crippen molar-refractivity contribution in [1.82, 2.24) is 0 Å². The molecule has 2 radical (unpaired) electrons. The summed E-state index contributed by atoms with van der Waals surface area (Å²) in [4.78, 5) is 0. The van der Waals surface area contributed by atoms with Crippen LogP contribution in [0.15, 0.2) is 36.9 Å². The first-order valence-electron chi connectivity index (χ1n) is 2.99. The summed E-state index contributed by atoms with van der Waals surface area (Å²) in [5, 5.41) is 8.97. The van der Waals surface area contributed by atoms with Crippen molar-refractivity contribution < 1.29 is 5.11 Å². The number of phenolic OH excluding ortho intramolecular Hbond substituents is 1. The molecule has 0 aliphatic rings. The lowest BCUT2D eigenvalue weighted by atomic mass is 10.1. The lowest BCUT2D eigenvalue weighted by molar-refractivity contribution is 0.475. The van der Waals surface area contributed by atoms with E-state index in [9.17, 15) is 0 Å². The third-order valence-electron chi connectivity index (χ3n) is 1.11. The molecule has 1 nitrogen and oxygen atoms in total. The highest BCUT2D eigenvalue weighted by Gasteiger charge is 1.90. The molecule has 1 aromatic carbocycles. The second-order valence-electron chi connectivity index (χ2n) is 1.90. The second kappa shape index (κ2) is 3.06. The summed E-state index contributed by atoms with van der Waals surface area (Å²) in [6.07, 6.45) is 4.42. The van der Waals surface area contributed by atoms with Crippen molar-refractivity contribution in [3.8, 4) is 5.75 Å². The van der Waals surface area contributed by atoms with Crippen LogP contribution in [0.2, 0.25) is 0 Å². The van der Waals surface area contributed by atoms with Gasteiger partial charge in [0.15, 0.2) is 0 Å². The standard InChI is InChI=1S/C9H8O/c1-2-4-8-5-3-6-9(10)7-8/h2-3,5-7,10H,1H2. The Bertz CT molecular complexity index is 228. The van der Waals surface area contributed by atoms with E-state index in [-0.39, 0.29) is 5.75 Å². The molecule has 1 heteroatoms. The summed E-state index contributed by atoms with van der Waals surface area (Å²) in [6, 6.07) is 6.86. The van der Waals surface area contributed by atoms with Crippen LogP contribution in [0.25, 0.3) is 0 Å². The third kappa shape index (κ3) is 1.62. The summed E-state index contributed by atoms with van der Waals surface area (Å²) in [5.74, 6) is 0.256. The van der Waals surface area contributed by atoms with Crippen LogP contribution in [-0.2, 0) is 0 Å². The second-order valence-corrected chi connectivity index (χ2v) is 1.90. The van der Waals surface area contributed by atoms with Crippen molar-refractivity contribution in [2.75, 3.05) is 0 Å². The monoisotopic (exact) mass is 132 g/mol. The van der Waals surface area contributed by atoms with E-state index in [2.05, 4.69) is 13.0 Å². The Morgan fingerprint density at radius 3 is 2.90 bits per heavy atom. The molecule has 0 atom stereocenters. The van der Waals surface area contributed by atoms with E-state index >= 15 is 0 Å². The van der Waals surface area contributed by atoms with Gasteiger partial charge < -0.3 is 5.11 Å². The van der Waals surface area contributed by atoms with E-state index in [1.165, 1.54) is 0 Å². The maximum Gasteiger partial charge on any atom is 0.115 e. The predicted molar refractivity (Wildman–Crippen MR) is 40.6 cm³/mol. The van der Waals surface area contributed by atoms with E-state index < -0.39 is 0 Å². The molecular formula is C9H8O. The Morgan fingerprint density at radius 1 is 1.50 bits per heavy atom. The molecular weight excluding hydrogens is 124 g/mol. The van der Waals surface area contributed by atoms with Gasteiger partial charge in [-0.15, -0.1) is 6.58 Å². The Morgan fingerprint density at radius 2 is 2.30 bits per heavy atom. The van der Waals surface area contributed by atoms with Crippen molar-refractivity contribution >= 4 is 0 Å². The van der Waals surface area contributed by atoms with Crippen LogP contribution in [-0.4, -0.2) is 5.11 Å². The minimum absolute atomic E-state index is 0.256. The molecule has 1 aromatic rings. The van der Waals surface area contributed by atoms with Gasteiger partial charge in [0.05, 0.1) is 0 Å². The van der Waals surface area contributed by atoms with Crippen LogP contribution < -0.4 is 0 Å². The molecule has 0 fully saturated rings. The highest BCUT2D eigenvalue weighted by molar-refractivity contribution is 5.33. The zero-order chi connectivity index (χ0) is 7.40. The molecule has 1 rings (SSSR count). The van der Waals surface area contributed by atoms with Gasteiger partial charge in [-0.2, -0.15) is 0 Å². The van der Waals surface area contributed by atoms with Gasteiger partial charge in [-0.3, -0.25) is 0 Å². The fourth-order valence-electron chi connectivity index (χ4n) is 0.714. The average molecular weight is 132 g/mol. The summed E-state index contributed by atoms with van der Waals surface area (Å²) < 4.78 is 0. The topological polar surface area (TPSA) is 20.2 Å². The van der Waals surface area contributed by atoms with Crippen LogP contribution in [0.4, 0.5) is 0 Å². The zero-order valence-corrected chi connectivity index (χ0v) is 5.54. The van der Waals surface area contributed by atoms with Gasteiger partial charge in [0.25, 0.3) is 0 Å². The molecule has 1 N–H and O–H groups in total. The molecule has 0 unspecified atom stereocenters. The number of hydrogen-bond acceptors (Lipinski definition) is 1. The summed E-state index contributed by atoms with van der Waals surface area (Å²) >= 11 is 0. The van der Waals surface area contributed by atoms with Crippen molar-refractivity contribution in [3.05, 3.63) is 48.9 Å². The van der Waals surface area contributed by atoms with Gasteiger partial charge in [0.2, 0.25) is 0 Å². The zero-order valence-electron chi connectivity index (χ0n) is 5.54. The van der Waals surface area contributed by atoms with Crippen molar-refractivity contribution in [1.29, 1.82) is 0 Å². The molecule has 0 bridgehead atoms. The van der Waals surface area contributed by atoms with E-state index in [4.69, 9.17) is 5.11 Å². The minimum atomic E-state index is 0.256. The van der Waals surface area contributed by atoms with Gasteiger partial charge >= 0.3 is 0 Å². The first-order valence-corrected chi connectivity index (χ1v) is 2.99. The van der Waals surface area contributed by atoms with Gasteiger partial charge in [-0.1, -0.05) is 18.2 Å². The number of rotatable bonds is 2. The maximum absolute atomic E-state index is 8.97. The Kier molecular flexibility index (Phi) is 2.11. The molecule has 0 amide bonds. The fourth-order valence-corrected chi connectivity index (χ4v) is 0.714. The number of aromatic hydroxyl groups is 1. The van der Waals surface area contributed by atoms with Gasteiger partial charge in [0, 0.05) is 6.42 Å². The quantitative estimate of drug-likeness (QED) is 0.652. The Balaban J connectivity index is 2.84. The molecule has 0 saturated carbocycles. The molecule has 0 aromatic heterocycles. The normalized spacial score (nSPS) is 9.20. The first-order chi connectivity index (χ1) is 4.83. The Labute approximate surface area is 60.6 Å². The lowest BCUT2D eigenvalue weighted by Crippen LogP contribution is -1.74. The van der Waals surface area contributed by atoms with Crippen LogP contribution >= 0.6 is 0 Å². The third-order valence-corrected chi connectivity index (χ3v) is 1.11. The largest absolute Gasteiger partial charge is 0.508 e. The molecule has 0 heterocycles. The van der Waals surface area contributed by atoms with E-state index in [1.807, 2.05) is 6.07 Å². The predicted octanol–water partition coefficient (Wildman–Crippen LogP) is 2.01. The van der Waals surface area contributed by atoms with Crippen LogP contribution in [0, 0.1) is 6.42 Å². The van der Waals surface area contributed by atoms with Gasteiger partial charge in [-0.05, 0) is 17.7 Å². The lowest BCUT2D eigenvalue weighted by Gasteiger charge is -1.94. The maximum atomic E-state index is 8.97. The fraction of sp³-hybridized carbons (Fsp3) is 0. The molecule has 10 heavy (non-hydrogen) atoms. The van der Waals surface area contributed by atoms with Crippen LogP contribution in [0.5, 0.6) is 5.75 Å². The Hall–Kier alpha value is -1.24. The number of hydrogen-bond donors (Lipinski definition) is 1. The number of benzene rings is 1. The highest BCUT2D eigenvalue weighted by Crippen LogP contribution is 2.11. The average Bonchev–Trinajstić information content (AvgIpc) is 1.88. The van der Waals surface area contributed by atoms with Crippen molar-refractivity contribution in [3.63, 3.8) is 0 Å². The first kappa shape index (κ1) is 6.87. The summed E-state index contributed by atoms with van der Waals surface area (Å²) in [5.41, 5.74) is 0.843. The van der Waals surface area contributed by atoms with E-state index in [0.717, 1.165) is 5.56 Å². The number of allylic oxidation sites excluding steroid dienone is 1. The van der Waals surface area contributed by atoms with Crippen LogP contribution in [0.3, 0.4) is 0 Å². The van der Waals surface area contributed by atoms with Gasteiger partial charge in [0.1, 0.15) is 5.75 Å². The SMILES string of the molecule is C=C[C]c1cccc(O)c1. The molecule has 0 aliphatic heterocycles. The molecule has 0 aliphatic carbocycles. The van der Waals surface area contributed by atoms with Crippen LogP contribution in [0.1, 0.15) is 5.56 Å². The molecule has 50 valence electrons. The van der Waals surface area contributed by atoms with E-state index in [0.29, 0.717) is 0 Å². The number of phenols is 1. The van der Waals surface area contributed by atoms with Crippen molar-refractivity contribution in [2.45, 2.75) is 0 Å².